The Morgan fingerprint density at radius 3 is 1.26 bits per heavy atom. The van der Waals surface area contributed by atoms with Crippen LogP contribution >= 0.6 is 17.2 Å². The molecule has 2 aromatic rings. The number of aryl methyl sites for hydroxylation is 2. The largest absolute Gasteiger partial charge is 0.426 e. The standard InChI is InChI=1S/C27H38O6P2/c1-19-13-21(25(3,4)5)9-11-23(19)32-34-28-15-27(16-29-34)17-30-35(31-18-27)33-24-12-10-22(14-20(24)2)26(6,7)8/h9-14H,15-18H2,1-8H3. The molecular formula is C27H38O6P2. The van der Waals surface area contributed by atoms with Crippen LogP contribution in [0.4, 0.5) is 0 Å². The maximum absolute atomic E-state index is 6.05. The van der Waals surface area contributed by atoms with Crippen molar-refractivity contribution in [2.45, 2.75) is 66.2 Å². The van der Waals surface area contributed by atoms with Gasteiger partial charge in [0.25, 0.3) is 0 Å². The second-order valence-corrected chi connectivity index (χ2v) is 14.0. The normalized spacial score (nSPS) is 25.5. The molecule has 0 unspecified atom stereocenters. The average molecular weight is 521 g/mol. The molecule has 0 bridgehead atoms. The van der Waals surface area contributed by atoms with Crippen LogP contribution in [0, 0.1) is 19.3 Å². The van der Waals surface area contributed by atoms with Crippen LogP contribution < -0.4 is 9.05 Å². The summed E-state index contributed by atoms with van der Waals surface area (Å²) in [5, 5.41) is 0. The van der Waals surface area contributed by atoms with Gasteiger partial charge >= 0.3 is 17.2 Å². The topological polar surface area (TPSA) is 55.4 Å². The van der Waals surface area contributed by atoms with E-state index in [2.05, 4.69) is 79.7 Å². The summed E-state index contributed by atoms with van der Waals surface area (Å²) in [6.07, 6.45) is 0. The summed E-state index contributed by atoms with van der Waals surface area (Å²) in [7, 11) is -2.92. The van der Waals surface area contributed by atoms with Gasteiger partial charge in [-0.3, -0.25) is 0 Å². The Balaban J connectivity index is 1.28. The van der Waals surface area contributed by atoms with E-state index in [-0.39, 0.29) is 16.2 Å². The van der Waals surface area contributed by atoms with Crippen LogP contribution in [0.5, 0.6) is 11.5 Å². The van der Waals surface area contributed by atoms with Crippen molar-refractivity contribution in [1.82, 2.24) is 0 Å². The molecule has 1 spiro atoms. The first-order chi connectivity index (χ1) is 16.3. The second kappa shape index (κ2) is 10.2. The zero-order chi connectivity index (χ0) is 25.4. The minimum Gasteiger partial charge on any atom is -0.426 e. The van der Waals surface area contributed by atoms with Crippen molar-refractivity contribution in [2.75, 3.05) is 26.4 Å². The lowest BCUT2D eigenvalue weighted by Gasteiger charge is -2.41. The lowest BCUT2D eigenvalue weighted by atomic mass is 9.86. The molecule has 0 aromatic heterocycles. The van der Waals surface area contributed by atoms with Crippen LogP contribution in [0.15, 0.2) is 36.4 Å². The molecule has 2 aliphatic rings. The third kappa shape index (κ3) is 6.55. The minimum atomic E-state index is -1.46. The molecule has 4 rings (SSSR count). The maximum atomic E-state index is 6.05. The van der Waals surface area contributed by atoms with Crippen LogP contribution in [0.1, 0.15) is 63.8 Å². The van der Waals surface area contributed by atoms with Crippen molar-refractivity contribution in [3.05, 3.63) is 58.7 Å². The van der Waals surface area contributed by atoms with E-state index in [1.807, 2.05) is 12.1 Å². The van der Waals surface area contributed by atoms with Gasteiger partial charge < -0.3 is 27.1 Å². The van der Waals surface area contributed by atoms with Gasteiger partial charge in [0.2, 0.25) is 0 Å². The second-order valence-electron chi connectivity index (χ2n) is 11.7. The third-order valence-corrected chi connectivity index (χ3v) is 8.38. The molecule has 2 aromatic carbocycles. The summed E-state index contributed by atoms with van der Waals surface area (Å²) in [5.74, 6) is 1.59. The van der Waals surface area contributed by atoms with E-state index >= 15 is 0 Å². The Morgan fingerprint density at radius 1 is 0.629 bits per heavy atom. The van der Waals surface area contributed by atoms with E-state index in [1.165, 1.54) is 11.1 Å². The SMILES string of the molecule is Cc1cc(C(C)(C)C)ccc1OP1OCC2(CO1)COP(Oc1ccc(C(C)(C)C)cc1C)OC2. The molecule has 2 fully saturated rings. The van der Waals surface area contributed by atoms with E-state index in [0.29, 0.717) is 26.4 Å². The van der Waals surface area contributed by atoms with Gasteiger partial charge in [-0.2, -0.15) is 0 Å². The fourth-order valence-corrected chi connectivity index (χ4v) is 6.39. The van der Waals surface area contributed by atoms with Gasteiger partial charge in [0.1, 0.15) is 11.5 Å². The molecule has 2 saturated heterocycles. The Kier molecular flexibility index (Phi) is 7.84. The number of hydrogen-bond donors (Lipinski definition) is 0. The molecule has 192 valence electrons. The highest BCUT2D eigenvalue weighted by molar-refractivity contribution is 7.42. The molecule has 0 amide bonds. The Bertz CT molecular complexity index is 940. The van der Waals surface area contributed by atoms with Gasteiger partial charge in [0.15, 0.2) is 0 Å². The predicted molar refractivity (Wildman–Crippen MR) is 141 cm³/mol. The summed E-state index contributed by atoms with van der Waals surface area (Å²) >= 11 is 0. The number of hydrogen-bond acceptors (Lipinski definition) is 6. The molecule has 2 heterocycles. The predicted octanol–water partition coefficient (Wildman–Crippen LogP) is 7.89. The smallest absolute Gasteiger partial charge is 0.397 e. The van der Waals surface area contributed by atoms with Gasteiger partial charge in [-0.05, 0) is 59.1 Å². The molecule has 0 N–H and O–H groups in total. The molecule has 35 heavy (non-hydrogen) atoms. The maximum Gasteiger partial charge on any atom is 0.397 e. The highest BCUT2D eigenvalue weighted by Crippen LogP contribution is 2.53. The quantitative estimate of drug-likeness (QED) is 0.382. The van der Waals surface area contributed by atoms with Crippen molar-refractivity contribution >= 4 is 17.2 Å². The first-order valence-electron chi connectivity index (χ1n) is 12.0. The summed E-state index contributed by atoms with van der Waals surface area (Å²) < 4.78 is 36.0. The molecule has 0 aliphatic carbocycles. The van der Waals surface area contributed by atoms with Crippen molar-refractivity contribution in [1.29, 1.82) is 0 Å². The third-order valence-electron chi connectivity index (χ3n) is 6.33. The first kappa shape index (κ1) is 26.8. The Hall–Kier alpha value is -1.26. The van der Waals surface area contributed by atoms with Crippen LogP contribution in [-0.2, 0) is 28.9 Å². The molecule has 0 radical (unpaired) electrons. The number of rotatable bonds is 4. The molecular weight excluding hydrogens is 482 g/mol. The van der Waals surface area contributed by atoms with Crippen LogP contribution in [0.2, 0.25) is 0 Å². The van der Waals surface area contributed by atoms with Crippen LogP contribution in [-0.4, -0.2) is 26.4 Å². The Morgan fingerprint density at radius 2 is 0.971 bits per heavy atom. The average Bonchev–Trinajstić information content (AvgIpc) is 2.78. The zero-order valence-corrected chi connectivity index (χ0v) is 23.9. The van der Waals surface area contributed by atoms with E-state index < -0.39 is 17.2 Å². The van der Waals surface area contributed by atoms with Crippen molar-refractivity contribution < 1.29 is 27.1 Å². The Labute approximate surface area is 212 Å². The monoisotopic (exact) mass is 520 g/mol. The molecule has 6 nitrogen and oxygen atoms in total. The zero-order valence-electron chi connectivity index (χ0n) is 22.1. The molecule has 8 heteroatoms. The minimum absolute atomic E-state index is 0.0948. The fraction of sp³-hybridized carbons (Fsp3) is 0.556. The lowest BCUT2D eigenvalue weighted by molar-refractivity contribution is -0.0673. The van der Waals surface area contributed by atoms with Gasteiger partial charge in [-0.1, -0.05) is 65.8 Å². The number of benzene rings is 2. The lowest BCUT2D eigenvalue weighted by Crippen LogP contribution is -2.45. The van der Waals surface area contributed by atoms with E-state index in [4.69, 9.17) is 27.1 Å². The summed E-state index contributed by atoms with van der Waals surface area (Å²) in [6.45, 7) is 19.2. The van der Waals surface area contributed by atoms with Gasteiger partial charge in [0, 0.05) is 0 Å². The molecule has 0 atom stereocenters. The first-order valence-corrected chi connectivity index (χ1v) is 14.2. The van der Waals surface area contributed by atoms with Gasteiger partial charge in [-0.25, -0.2) is 0 Å². The van der Waals surface area contributed by atoms with E-state index in [1.54, 1.807) is 0 Å². The van der Waals surface area contributed by atoms with Crippen molar-refractivity contribution in [3.8, 4) is 11.5 Å². The van der Waals surface area contributed by atoms with Gasteiger partial charge in [-0.15, -0.1) is 0 Å². The van der Waals surface area contributed by atoms with Crippen LogP contribution in [0.3, 0.4) is 0 Å². The molecule has 2 aliphatic heterocycles. The molecule has 0 saturated carbocycles. The summed E-state index contributed by atoms with van der Waals surface area (Å²) in [5.41, 5.74) is 4.54. The van der Waals surface area contributed by atoms with Gasteiger partial charge in [0.05, 0.1) is 31.8 Å². The highest BCUT2D eigenvalue weighted by atomic mass is 31.2. The fourth-order valence-electron chi connectivity index (χ4n) is 3.79. The van der Waals surface area contributed by atoms with E-state index in [9.17, 15) is 0 Å². The highest BCUT2D eigenvalue weighted by Gasteiger charge is 2.45. The summed E-state index contributed by atoms with van der Waals surface area (Å²) in [4.78, 5) is 0. The summed E-state index contributed by atoms with van der Waals surface area (Å²) in [6, 6.07) is 12.5. The van der Waals surface area contributed by atoms with E-state index in [0.717, 1.165) is 22.6 Å². The van der Waals surface area contributed by atoms with Crippen molar-refractivity contribution in [2.24, 2.45) is 5.41 Å². The van der Waals surface area contributed by atoms with Crippen LogP contribution in [0.25, 0.3) is 0 Å². The van der Waals surface area contributed by atoms with Crippen molar-refractivity contribution in [3.63, 3.8) is 0 Å².